The Morgan fingerprint density at radius 1 is 1.00 bits per heavy atom. The van der Waals surface area contributed by atoms with Crippen LogP contribution in [-0.2, 0) is 4.79 Å². The number of hydrogen-bond donors (Lipinski definition) is 1. The number of amides is 1. The Bertz CT molecular complexity index is 816. The van der Waals surface area contributed by atoms with Crippen LogP contribution in [0.15, 0.2) is 42.5 Å². The molecule has 0 heterocycles. The summed E-state index contributed by atoms with van der Waals surface area (Å²) in [5.41, 5.74) is 2.95. The largest absolute Gasteiger partial charge is 0.493 e. The van der Waals surface area contributed by atoms with Gasteiger partial charge in [0.2, 0.25) is 11.7 Å². The minimum atomic E-state index is -0.224. The smallest absolute Gasteiger partial charge is 0.248 e. The third kappa shape index (κ3) is 5.76. The highest BCUT2D eigenvalue weighted by atomic mass is 16.5. The van der Waals surface area contributed by atoms with Crippen LogP contribution in [0.4, 0.5) is 5.69 Å². The average molecular weight is 398 g/mol. The molecule has 0 atom stereocenters. The van der Waals surface area contributed by atoms with Crippen molar-refractivity contribution >= 4 is 17.7 Å². The van der Waals surface area contributed by atoms with Crippen molar-refractivity contribution in [1.29, 1.82) is 0 Å². The molecule has 3 rings (SSSR count). The molecule has 29 heavy (non-hydrogen) atoms. The van der Waals surface area contributed by atoms with Crippen molar-refractivity contribution in [2.24, 2.45) is 0 Å². The molecule has 0 aliphatic heterocycles. The number of benzene rings is 2. The Labute approximate surface area is 173 Å². The van der Waals surface area contributed by atoms with Crippen LogP contribution < -0.4 is 19.5 Å². The average Bonchev–Trinajstić information content (AvgIpc) is 2.72. The van der Waals surface area contributed by atoms with Crippen molar-refractivity contribution in [3.05, 3.63) is 53.6 Å². The van der Waals surface area contributed by atoms with Gasteiger partial charge < -0.3 is 19.5 Å². The molecule has 2 aromatic rings. The van der Waals surface area contributed by atoms with E-state index in [-0.39, 0.29) is 5.91 Å². The van der Waals surface area contributed by atoms with E-state index >= 15 is 0 Å². The van der Waals surface area contributed by atoms with Crippen LogP contribution >= 0.6 is 0 Å². The molecule has 1 aliphatic rings. The third-order valence-electron chi connectivity index (χ3n) is 4.85. The number of hydrogen-bond acceptors (Lipinski definition) is 4. The van der Waals surface area contributed by atoms with Crippen molar-refractivity contribution in [2.45, 2.75) is 39.0 Å². The van der Waals surface area contributed by atoms with E-state index in [1.54, 1.807) is 19.2 Å². The highest BCUT2D eigenvalue weighted by molar-refractivity contribution is 6.02. The Hall–Kier alpha value is -2.95. The summed E-state index contributed by atoms with van der Waals surface area (Å²) < 4.78 is 15.9. The predicted octanol–water partition coefficient (Wildman–Crippen LogP) is 5.66. The highest BCUT2D eigenvalue weighted by Crippen LogP contribution is 2.40. The lowest BCUT2D eigenvalue weighted by Crippen LogP contribution is -2.09. The summed E-state index contributed by atoms with van der Waals surface area (Å²) in [4.78, 5) is 12.3. The second-order valence-electron chi connectivity index (χ2n) is 6.53. The zero-order chi connectivity index (χ0) is 21.2. The minimum Gasteiger partial charge on any atom is -0.493 e. The Kier molecular flexibility index (Phi) is 8.59. The van der Waals surface area contributed by atoms with Crippen molar-refractivity contribution in [3.8, 4) is 17.2 Å². The number of ether oxygens (including phenoxy) is 3. The molecule has 1 aliphatic carbocycles. The zero-order valence-electron chi connectivity index (χ0n) is 18.0. The molecule has 0 radical (unpaired) electrons. The molecule has 1 fully saturated rings. The summed E-state index contributed by atoms with van der Waals surface area (Å²) in [5, 5.41) is 2.83. The lowest BCUT2D eigenvalue weighted by molar-refractivity contribution is -0.111. The van der Waals surface area contributed by atoms with Gasteiger partial charge in [0.1, 0.15) is 0 Å². The number of methoxy groups -OCH3 is 3. The molecule has 2 aromatic carbocycles. The first-order valence-corrected chi connectivity index (χ1v) is 10.0. The van der Waals surface area contributed by atoms with E-state index in [9.17, 15) is 4.79 Å². The fraction of sp³-hybridized carbons (Fsp3) is 0.375. The topological polar surface area (TPSA) is 56.8 Å². The van der Waals surface area contributed by atoms with Gasteiger partial charge in [0, 0.05) is 23.9 Å². The van der Waals surface area contributed by atoms with E-state index < -0.39 is 0 Å². The van der Waals surface area contributed by atoms with Crippen LogP contribution in [0.1, 0.15) is 50.2 Å². The fourth-order valence-corrected chi connectivity index (χ4v) is 3.17. The summed E-state index contributed by atoms with van der Waals surface area (Å²) in [6, 6.07) is 11.8. The number of rotatable bonds is 7. The van der Waals surface area contributed by atoms with Gasteiger partial charge in [0.25, 0.3) is 0 Å². The van der Waals surface area contributed by atoms with Crippen LogP contribution in [0.25, 0.3) is 6.08 Å². The first kappa shape index (κ1) is 22.3. The first-order chi connectivity index (χ1) is 14.1. The summed E-state index contributed by atoms with van der Waals surface area (Å²) in [6.45, 7) is 4.00. The summed E-state index contributed by atoms with van der Waals surface area (Å²) in [7, 11) is 4.62. The Balaban J connectivity index is 0.00000145. The number of carbonyl (C=O) groups excluding carboxylic acids is 1. The number of carbonyl (C=O) groups is 1. The van der Waals surface area contributed by atoms with Gasteiger partial charge in [-0.2, -0.15) is 0 Å². The van der Waals surface area contributed by atoms with Crippen molar-refractivity contribution in [2.75, 3.05) is 26.6 Å². The van der Waals surface area contributed by atoms with Crippen LogP contribution in [0, 0.1) is 0 Å². The first-order valence-electron chi connectivity index (χ1n) is 10.0. The molecule has 5 nitrogen and oxygen atoms in total. The van der Waals surface area contributed by atoms with E-state index in [1.165, 1.54) is 45.1 Å². The third-order valence-corrected chi connectivity index (χ3v) is 4.85. The normalized spacial score (nSPS) is 13.1. The maximum atomic E-state index is 12.3. The van der Waals surface area contributed by atoms with E-state index in [4.69, 9.17) is 14.2 Å². The quantitative estimate of drug-likeness (QED) is 0.613. The molecule has 1 saturated carbocycles. The summed E-state index contributed by atoms with van der Waals surface area (Å²) in [5.74, 6) is 1.92. The SMILES string of the molecule is CC.COc1cc(NC(=O)/C=C/c2cccc(C3CCC3)c2)cc(OC)c1OC. The van der Waals surface area contributed by atoms with Gasteiger partial charge in [-0.15, -0.1) is 0 Å². The van der Waals surface area contributed by atoms with Crippen molar-refractivity contribution < 1.29 is 19.0 Å². The van der Waals surface area contributed by atoms with Crippen molar-refractivity contribution in [3.63, 3.8) is 0 Å². The molecule has 5 heteroatoms. The molecular weight excluding hydrogens is 366 g/mol. The molecule has 1 amide bonds. The molecule has 156 valence electrons. The van der Waals surface area contributed by atoms with Crippen LogP contribution in [-0.4, -0.2) is 27.2 Å². The van der Waals surface area contributed by atoms with Gasteiger partial charge in [-0.05, 0) is 36.0 Å². The highest BCUT2D eigenvalue weighted by Gasteiger charge is 2.19. The van der Waals surface area contributed by atoms with Gasteiger partial charge in [-0.25, -0.2) is 0 Å². The molecule has 0 bridgehead atoms. The van der Waals surface area contributed by atoms with Gasteiger partial charge >= 0.3 is 0 Å². The molecule has 0 spiro atoms. The van der Waals surface area contributed by atoms with Crippen LogP contribution in [0.2, 0.25) is 0 Å². The summed E-state index contributed by atoms with van der Waals surface area (Å²) >= 11 is 0. The summed E-state index contributed by atoms with van der Waals surface area (Å²) in [6.07, 6.45) is 7.18. The fourth-order valence-electron chi connectivity index (χ4n) is 3.17. The maximum Gasteiger partial charge on any atom is 0.248 e. The second kappa shape index (κ2) is 11.1. The standard InChI is InChI=1S/C22H25NO4.C2H6/c1-25-19-13-18(14-20(26-2)22(19)27-3)23-21(24)11-10-15-6-4-9-17(12-15)16-7-5-8-16;1-2/h4,6,9-14,16H,5,7-8H2,1-3H3,(H,23,24);1-2H3/b11-10+;. The molecule has 0 aromatic heterocycles. The number of nitrogens with one attached hydrogen (secondary N) is 1. The lowest BCUT2D eigenvalue weighted by Gasteiger charge is -2.25. The van der Waals surface area contributed by atoms with E-state index in [1.807, 2.05) is 32.1 Å². The van der Waals surface area contributed by atoms with Gasteiger partial charge in [0.15, 0.2) is 11.5 Å². The second-order valence-corrected chi connectivity index (χ2v) is 6.53. The predicted molar refractivity (Wildman–Crippen MR) is 118 cm³/mol. The Morgan fingerprint density at radius 2 is 1.66 bits per heavy atom. The maximum absolute atomic E-state index is 12.3. The van der Waals surface area contributed by atoms with Gasteiger partial charge in [-0.1, -0.05) is 44.5 Å². The number of anilines is 1. The van der Waals surface area contributed by atoms with Crippen LogP contribution in [0.5, 0.6) is 17.2 Å². The molecule has 0 saturated heterocycles. The lowest BCUT2D eigenvalue weighted by atomic mass is 9.80. The molecule has 0 unspecified atom stereocenters. The van der Waals surface area contributed by atoms with E-state index in [0.717, 1.165) is 5.56 Å². The van der Waals surface area contributed by atoms with E-state index in [2.05, 4.69) is 17.4 Å². The minimum absolute atomic E-state index is 0.224. The van der Waals surface area contributed by atoms with E-state index in [0.29, 0.717) is 28.9 Å². The monoisotopic (exact) mass is 397 g/mol. The van der Waals surface area contributed by atoms with Gasteiger partial charge in [-0.3, -0.25) is 4.79 Å². The molecule has 1 N–H and O–H groups in total. The Morgan fingerprint density at radius 3 is 2.17 bits per heavy atom. The van der Waals surface area contributed by atoms with Crippen molar-refractivity contribution in [1.82, 2.24) is 0 Å². The molecular formula is C24H31NO4. The van der Waals surface area contributed by atoms with Crippen LogP contribution in [0.3, 0.4) is 0 Å². The zero-order valence-corrected chi connectivity index (χ0v) is 18.0. The van der Waals surface area contributed by atoms with Gasteiger partial charge in [0.05, 0.1) is 21.3 Å².